The number of hydrogen-bond acceptors (Lipinski definition) is 2. The predicted octanol–water partition coefficient (Wildman–Crippen LogP) is 6.24. The predicted molar refractivity (Wildman–Crippen MR) is 114 cm³/mol. The molecule has 3 nitrogen and oxygen atoms in total. The first-order valence-electron chi connectivity index (χ1n) is 8.87. The highest BCUT2D eigenvalue weighted by molar-refractivity contribution is 7.09. The van der Waals surface area contributed by atoms with Crippen LogP contribution < -0.4 is 4.80 Å². The number of carbonyl (C=O) groups excluding carboxylic acids is 1. The summed E-state index contributed by atoms with van der Waals surface area (Å²) in [5.41, 5.74) is 2.63. The van der Waals surface area contributed by atoms with E-state index in [1.165, 1.54) is 4.88 Å². The van der Waals surface area contributed by atoms with Crippen LogP contribution in [0.4, 0.5) is 0 Å². The van der Waals surface area contributed by atoms with Gasteiger partial charge in [-0.25, -0.2) is 0 Å². The van der Waals surface area contributed by atoms with E-state index in [1.807, 2.05) is 30.3 Å². The van der Waals surface area contributed by atoms with E-state index in [-0.39, 0.29) is 5.91 Å². The third-order valence-electron chi connectivity index (χ3n) is 4.18. The molecular formula is C21H20Cl2N2OS. The number of amides is 1. The highest BCUT2D eigenvalue weighted by atomic mass is 35.5. The largest absolute Gasteiger partial charge is 0.316 e. The van der Waals surface area contributed by atoms with Crippen molar-refractivity contribution in [2.75, 3.05) is 0 Å². The van der Waals surface area contributed by atoms with Crippen LogP contribution in [0.2, 0.25) is 10.0 Å². The Hall–Kier alpha value is -1.88. The van der Waals surface area contributed by atoms with Gasteiger partial charge in [-0.3, -0.25) is 4.79 Å². The fourth-order valence-corrected chi connectivity index (χ4v) is 4.53. The van der Waals surface area contributed by atoms with E-state index in [4.69, 9.17) is 23.2 Å². The molecule has 3 rings (SSSR count). The Morgan fingerprint density at radius 3 is 2.44 bits per heavy atom. The van der Waals surface area contributed by atoms with Crippen LogP contribution in [0.1, 0.15) is 35.5 Å². The SMILES string of the molecule is CCCc1sc(=NC(=O)c2ccccc2)n(CC)c1-c1ccc(Cl)c(Cl)c1. The fourth-order valence-electron chi connectivity index (χ4n) is 2.93. The molecular weight excluding hydrogens is 399 g/mol. The molecule has 0 aliphatic rings. The summed E-state index contributed by atoms with van der Waals surface area (Å²) in [7, 11) is 0. The Labute approximate surface area is 172 Å². The van der Waals surface area contributed by atoms with Gasteiger partial charge in [0, 0.05) is 22.5 Å². The molecule has 1 amide bonds. The van der Waals surface area contributed by atoms with Crippen LogP contribution in [0, 0.1) is 0 Å². The summed E-state index contributed by atoms with van der Waals surface area (Å²) in [5.74, 6) is -0.234. The van der Waals surface area contributed by atoms with Gasteiger partial charge in [-0.05, 0) is 37.6 Å². The first-order valence-corrected chi connectivity index (χ1v) is 10.4. The average Bonchev–Trinajstić information content (AvgIpc) is 3.01. The van der Waals surface area contributed by atoms with E-state index in [0.29, 0.717) is 27.0 Å². The minimum Gasteiger partial charge on any atom is -0.316 e. The second kappa shape index (κ2) is 8.87. The number of hydrogen-bond donors (Lipinski definition) is 0. The van der Waals surface area contributed by atoms with Crippen molar-refractivity contribution in [3.05, 3.63) is 73.8 Å². The summed E-state index contributed by atoms with van der Waals surface area (Å²) in [6.45, 7) is 4.90. The van der Waals surface area contributed by atoms with Gasteiger partial charge in [0.1, 0.15) is 0 Å². The summed E-state index contributed by atoms with van der Waals surface area (Å²) in [5, 5.41) is 1.05. The molecule has 0 atom stereocenters. The van der Waals surface area contributed by atoms with Gasteiger partial charge in [-0.15, -0.1) is 11.3 Å². The van der Waals surface area contributed by atoms with Crippen LogP contribution in [0.15, 0.2) is 53.5 Å². The first kappa shape index (κ1) is 19.9. The van der Waals surface area contributed by atoms with Gasteiger partial charge in [0.25, 0.3) is 5.91 Å². The molecule has 0 fully saturated rings. The first-order chi connectivity index (χ1) is 13.0. The Morgan fingerprint density at radius 1 is 1.07 bits per heavy atom. The van der Waals surface area contributed by atoms with Crippen LogP contribution in [-0.2, 0) is 13.0 Å². The molecule has 0 unspecified atom stereocenters. The summed E-state index contributed by atoms with van der Waals surface area (Å²) in [4.78, 5) is 18.9. The van der Waals surface area contributed by atoms with E-state index >= 15 is 0 Å². The van der Waals surface area contributed by atoms with Crippen LogP contribution in [0.25, 0.3) is 11.3 Å². The minimum absolute atomic E-state index is 0.234. The second-order valence-corrected chi connectivity index (χ2v) is 7.94. The summed E-state index contributed by atoms with van der Waals surface area (Å²) >= 11 is 13.9. The molecule has 140 valence electrons. The normalized spacial score (nSPS) is 11.8. The van der Waals surface area contributed by atoms with Crippen molar-refractivity contribution in [3.63, 3.8) is 0 Å². The molecule has 0 bridgehead atoms. The van der Waals surface area contributed by atoms with Crippen LogP contribution in [0.5, 0.6) is 0 Å². The monoisotopic (exact) mass is 418 g/mol. The maximum atomic E-state index is 12.6. The fraction of sp³-hybridized carbons (Fsp3) is 0.238. The third kappa shape index (κ3) is 4.34. The molecule has 0 saturated carbocycles. The van der Waals surface area contributed by atoms with Crippen molar-refractivity contribution in [2.45, 2.75) is 33.2 Å². The summed E-state index contributed by atoms with van der Waals surface area (Å²) < 4.78 is 2.08. The van der Waals surface area contributed by atoms with Gasteiger partial charge in [-0.2, -0.15) is 4.99 Å². The van der Waals surface area contributed by atoms with Crippen LogP contribution in [0.3, 0.4) is 0 Å². The van der Waals surface area contributed by atoms with Gasteiger partial charge < -0.3 is 4.57 Å². The zero-order valence-corrected chi connectivity index (χ0v) is 17.5. The van der Waals surface area contributed by atoms with Gasteiger partial charge in [0.05, 0.1) is 15.7 Å². The standard InChI is InChI=1S/C21H20Cl2N2OS/c1-3-8-18-19(15-11-12-16(22)17(23)13-15)25(4-2)21(27-18)24-20(26)14-9-6-5-7-10-14/h5-7,9-13H,3-4,8H2,1-2H3. The lowest BCUT2D eigenvalue weighted by atomic mass is 10.1. The molecule has 0 spiro atoms. The zero-order chi connectivity index (χ0) is 19.4. The summed E-state index contributed by atoms with van der Waals surface area (Å²) in [6.07, 6.45) is 1.92. The molecule has 0 aliphatic heterocycles. The number of benzene rings is 2. The van der Waals surface area contributed by atoms with E-state index in [1.54, 1.807) is 29.5 Å². The van der Waals surface area contributed by atoms with Crippen molar-refractivity contribution in [1.82, 2.24) is 4.57 Å². The lowest BCUT2D eigenvalue weighted by Gasteiger charge is -2.10. The van der Waals surface area contributed by atoms with E-state index in [0.717, 1.165) is 24.1 Å². The minimum atomic E-state index is -0.234. The van der Waals surface area contributed by atoms with Crippen molar-refractivity contribution >= 4 is 40.4 Å². The number of aryl methyl sites for hydroxylation is 1. The Kier molecular flexibility index (Phi) is 6.53. The van der Waals surface area contributed by atoms with Crippen molar-refractivity contribution in [2.24, 2.45) is 4.99 Å². The van der Waals surface area contributed by atoms with Gasteiger partial charge >= 0.3 is 0 Å². The Bertz CT molecular complexity index is 1020. The average molecular weight is 419 g/mol. The second-order valence-electron chi connectivity index (χ2n) is 6.06. The number of rotatable bonds is 5. The van der Waals surface area contributed by atoms with E-state index in [9.17, 15) is 4.79 Å². The molecule has 1 aromatic heterocycles. The smallest absolute Gasteiger partial charge is 0.279 e. The lowest BCUT2D eigenvalue weighted by Crippen LogP contribution is -2.17. The molecule has 1 heterocycles. The Morgan fingerprint density at radius 2 is 1.81 bits per heavy atom. The van der Waals surface area contributed by atoms with Gasteiger partial charge in [-0.1, -0.05) is 60.8 Å². The topological polar surface area (TPSA) is 34.4 Å². The van der Waals surface area contributed by atoms with Crippen molar-refractivity contribution < 1.29 is 4.79 Å². The molecule has 0 aliphatic carbocycles. The van der Waals surface area contributed by atoms with E-state index < -0.39 is 0 Å². The quantitative estimate of drug-likeness (QED) is 0.482. The Balaban J connectivity index is 2.17. The lowest BCUT2D eigenvalue weighted by molar-refractivity contribution is 0.0998. The summed E-state index contributed by atoms with van der Waals surface area (Å²) in [6, 6.07) is 14.8. The highest BCUT2D eigenvalue weighted by Gasteiger charge is 2.16. The van der Waals surface area contributed by atoms with Gasteiger partial charge in [0.15, 0.2) is 4.80 Å². The molecule has 6 heteroatoms. The maximum Gasteiger partial charge on any atom is 0.279 e. The van der Waals surface area contributed by atoms with Crippen LogP contribution in [-0.4, -0.2) is 10.5 Å². The van der Waals surface area contributed by atoms with Crippen molar-refractivity contribution in [3.8, 4) is 11.3 Å². The highest BCUT2D eigenvalue weighted by Crippen LogP contribution is 2.32. The molecule has 0 saturated heterocycles. The number of carbonyl (C=O) groups is 1. The molecule has 0 radical (unpaired) electrons. The van der Waals surface area contributed by atoms with Gasteiger partial charge in [0.2, 0.25) is 0 Å². The molecule has 27 heavy (non-hydrogen) atoms. The number of aromatic nitrogens is 1. The number of nitrogens with zero attached hydrogens (tertiary/aromatic N) is 2. The molecule has 2 aromatic carbocycles. The maximum absolute atomic E-state index is 12.6. The zero-order valence-electron chi connectivity index (χ0n) is 15.2. The molecule has 0 N–H and O–H groups in total. The third-order valence-corrected chi connectivity index (χ3v) is 6.06. The van der Waals surface area contributed by atoms with Crippen molar-refractivity contribution in [1.29, 1.82) is 0 Å². The van der Waals surface area contributed by atoms with Crippen LogP contribution >= 0.6 is 34.5 Å². The number of thiazole rings is 1. The number of halogens is 2. The van der Waals surface area contributed by atoms with E-state index in [2.05, 4.69) is 23.4 Å². The molecule has 3 aromatic rings.